The highest BCUT2D eigenvalue weighted by Gasteiger charge is 2.36. The second-order valence-electron chi connectivity index (χ2n) is 5.22. The van der Waals surface area contributed by atoms with E-state index in [1.165, 1.54) is 16.9 Å². The van der Waals surface area contributed by atoms with Gasteiger partial charge < -0.3 is 14.2 Å². The van der Waals surface area contributed by atoms with Crippen LogP contribution in [0.1, 0.15) is 17.0 Å². The summed E-state index contributed by atoms with van der Waals surface area (Å²) in [6, 6.07) is 1.99. The Bertz CT molecular complexity index is 690. The molecule has 2 rings (SSSR count). The number of amides is 1. The number of carbonyl (C=O) groups excluding carboxylic acids is 2. The number of aromatic nitrogens is 1. The molecule has 1 aliphatic rings. The molecular weight excluding hydrogens is 302 g/mol. The molecule has 0 aromatic carbocycles. The van der Waals surface area contributed by atoms with E-state index in [-0.39, 0.29) is 12.5 Å². The monoisotopic (exact) mass is 321 g/mol. The highest BCUT2D eigenvalue weighted by atomic mass is 32.1. The Morgan fingerprint density at radius 2 is 2.00 bits per heavy atom. The molecule has 2 heterocycles. The highest BCUT2D eigenvalue weighted by molar-refractivity contribution is 7.80. The van der Waals surface area contributed by atoms with Gasteiger partial charge in [-0.15, -0.1) is 0 Å². The molecule has 1 aliphatic heterocycles. The van der Waals surface area contributed by atoms with Gasteiger partial charge in [0.25, 0.3) is 5.91 Å². The molecule has 6 nitrogen and oxygen atoms in total. The Balaban J connectivity index is 2.46. The van der Waals surface area contributed by atoms with E-state index in [0.717, 1.165) is 17.0 Å². The fourth-order valence-corrected chi connectivity index (χ4v) is 2.57. The minimum atomic E-state index is -0.447. The van der Waals surface area contributed by atoms with Gasteiger partial charge in [0, 0.05) is 25.5 Å². The summed E-state index contributed by atoms with van der Waals surface area (Å²) >= 11 is 5.24. The second kappa shape index (κ2) is 5.92. The van der Waals surface area contributed by atoms with Gasteiger partial charge in [0.2, 0.25) is 0 Å². The first kappa shape index (κ1) is 16.2. The third-order valence-corrected chi connectivity index (χ3v) is 4.45. The van der Waals surface area contributed by atoms with Gasteiger partial charge in [-0.3, -0.25) is 14.5 Å². The van der Waals surface area contributed by atoms with Gasteiger partial charge in [-0.1, -0.05) is 0 Å². The lowest BCUT2D eigenvalue weighted by Gasteiger charge is -2.16. The number of rotatable bonds is 3. The molecule has 0 N–H and O–H groups in total. The molecule has 0 radical (unpaired) electrons. The smallest absolute Gasteiger partial charge is 0.325 e. The van der Waals surface area contributed by atoms with Gasteiger partial charge >= 0.3 is 5.97 Å². The van der Waals surface area contributed by atoms with E-state index in [1.54, 1.807) is 13.1 Å². The Morgan fingerprint density at radius 3 is 2.50 bits per heavy atom. The van der Waals surface area contributed by atoms with E-state index < -0.39 is 5.97 Å². The molecule has 22 heavy (non-hydrogen) atoms. The molecule has 1 aromatic heterocycles. The van der Waals surface area contributed by atoms with Crippen molar-refractivity contribution in [3.63, 3.8) is 0 Å². The Morgan fingerprint density at radius 1 is 1.36 bits per heavy atom. The lowest BCUT2D eigenvalue weighted by atomic mass is 10.2. The van der Waals surface area contributed by atoms with Crippen LogP contribution < -0.4 is 0 Å². The zero-order valence-electron chi connectivity index (χ0n) is 13.3. The van der Waals surface area contributed by atoms with E-state index in [1.807, 2.05) is 31.5 Å². The Kier molecular flexibility index (Phi) is 4.37. The Labute approximate surface area is 134 Å². The third kappa shape index (κ3) is 2.64. The maximum Gasteiger partial charge on any atom is 0.325 e. The summed E-state index contributed by atoms with van der Waals surface area (Å²) < 4.78 is 6.72. The second-order valence-corrected chi connectivity index (χ2v) is 5.59. The summed E-state index contributed by atoms with van der Waals surface area (Å²) in [7, 11) is 4.87. The van der Waals surface area contributed by atoms with Gasteiger partial charge in [0.05, 0.1) is 7.11 Å². The van der Waals surface area contributed by atoms with Crippen molar-refractivity contribution < 1.29 is 14.3 Å². The number of methoxy groups -OCH3 is 1. The lowest BCUT2D eigenvalue weighted by Crippen LogP contribution is -2.33. The predicted octanol–water partition coefficient (Wildman–Crippen LogP) is 1.21. The van der Waals surface area contributed by atoms with Gasteiger partial charge in [-0.25, -0.2) is 0 Å². The number of carbonyl (C=O) groups is 2. The molecule has 0 saturated carbocycles. The standard InChI is InChI=1S/C15H19N3O3S/c1-9-6-11(10(2)16(9)3)7-12-14(20)17(4)15(22)18(12)8-13(19)21-5/h6-7H,8H2,1-5H3/b12-7+. The molecule has 1 fully saturated rings. The first-order chi connectivity index (χ1) is 10.3. The molecule has 0 aliphatic carbocycles. The van der Waals surface area contributed by atoms with E-state index in [4.69, 9.17) is 12.2 Å². The zero-order chi connectivity index (χ0) is 16.6. The summed E-state index contributed by atoms with van der Waals surface area (Å²) in [6.07, 6.45) is 1.77. The number of hydrogen-bond acceptors (Lipinski definition) is 4. The SMILES string of the molecule is COC(=O)CN1C(=S)N(C)C(=O)/C1=C\c1cc(C)n(C)c1C. The topological polar surface area (TPSA) is 54.8 Å². The molecule has 7 heteroatoms. The zero-order valence-corrected chi connectivity index (χ0v) is 14.2. The largest absolute Gasteiger partial charge is 0.468 e. The summed E-state index contributed by atoms with van der Waals surface area (Å²) in [6.45, 7) is 3.89. The average molecular weight is 321 g/mol. The van der Waals surface area contributed by atoms with Crippen LogP contribution in [0.15, 0.2) is 11.8 Å². The van der Waals surface area contributed by atoms with Crippen molar-refractivity contribution in [1.29, 1.82) is 0 Å². The Hall–Kier alpha value is -2.15. The van der Waals surface area contributed by atoms with Crippen LogP contribution in [0.5, 0.6) is 0 Å². The predicted molar refractivity (Wildman–Crippen MR) is 87.0 cm³/mol. The lowest BCUT2D eigenvalue weighted by molar-refractivity contribution is -0.140. The quantitative estimate of drug-likeness (QED) is 0.476. The molecule has 118 valence electrons. The van der Waals surface area contributed by atoms with Gasteiger partial charge in [-0.05, 0) is 43.8 Å². The summed E-state index contributed by atoms with van der Waals surface area (Å²) in [5.41, 5.74) is 3.43. The van der Waals surface area contributed by atoms with Crippen molar-refractivity contribution in [2.24, 2.45) is 7.05 Å². The fraction of sp³-hybridized carbons (Fsp3) is 0.400. The summed E-state index contributed by atoms with van der Waals surface area (Å²) in [5.74, 6) is -0.674. The first-order valence-corrected chi connectivity index (χ1v) is 7.19. The van der Waals surface area contributed by atoms with Crippen LogP contribution in [0.4, 0.5) is 0 Å². The normalized spacial score (nSPS) is 16.9. The highest BCUT2D eigenvalue weighted by Crippen LogP contribution is 2.24. The molecule has 1 amide bonds. The van der Waals surface area contributed by atoms with E-state index in [2.05, 4.69) is 4.74 Å². The summed E-state index contributed by atoms with van der Waals surface area (Å²) in [4.78, 5) is 26.8. The molecule has 1 aromatic rings. The van der Waals surface area contributed by atoms with Crippen LogP contribution in [0.2, 0.25) is 0 Å². The number of ether oxygens (including phenoxy) is 1. The van der Waals surface area contributed by atoms with E-state index in [0.29, 0.717) is 10.8 Å². The molecule has 1 saturated heterocycles. The maximum atomic E-state index is 12.4. The first-order valence-electron chi connectivity index (χ1n) is 6.79. The molecular formula is C15H19N3O3S. The minimum Gasteiger partial charge on any atom is -0.468 e. The van der Waals surface area contributed by atoms with E-state index >= 15 is 0 Å². The van der Waals surface area contributed by atoms with Crippen LogP contribution >= 0.6 is 12.2 Å². The third-order valence-electron chi connectivity index (χ3n) is 3.95. The number of thiocarbonyl (C=S) groups is 1. The van der Waals surface area contributed by atoms with Crippen molar-refractivity contribution in [2.75, 3.05) is 20.7 Å². The van der Waals surface area contributed by atoms with Crippen LogP contribution in [-0.4, -0.2) is 52.1 Å². The van der Waals surface area contributed by atoms with Crippen molar-refractivity contribution in [3.05, 3.63) is 28.7 Å². The number of likely N-dealkylation sites (N-methyl/N-ethyl adjacent to an activating group) is 1. The number of nitrogens with zero attached hydrogens (tertiary/aromatic N) is 3. The minimum absolute atomic E-state index is 0.0812. The molecule has 0 bridgehead atoms. The number of aryl methyl sites for hydroxylation is 1. The van der Waals surface area contributed by atoms with Crippen molar-refractivity contribution >= 4 is 35.3 Å². The van der Waals surface area contributed by atoms with Gasteiger partial charge in [0.1, 0.15) is 12.2 Å². The number of esters is 1. The van der Waals surface area contributed by atoms with Crippen LogP contribution in [-0.2, 0) is 21.4 Å². The van der Waals surface area contributed by atoms with Gasteiger partial charge in [0.15, 0.2) is 5.11 Å². The maximum absolute atomic E-state index is 12.4. The molecule has 0 spiro atoms. The fourth-order valence-electron chi connectivity index (χ4n) is 2.32. The molecule has 0 atom stereocenters. The van der Waals surface area contributed by atoms with Crippen molar-refractivity contribution in [1.82, 2.24) is 14.4 Å². The van der Waals surface area contributed by atoms with Crippen molar-refractivity contribution in [3.8, 4) is 0 Å². The van der Waals surface area contributed by atoms with Crippen molar-refractivity contribution in [2.45, 2.75) is 13.8 Å². The van der Waals surface area contributed by atoms with E-state index in [9.17, 15) is 9.59 Å². The van der Waals surface area contributed by atoms with Crippen LogP contribution in [0.3, 0.4) is 0 Å². The average Bonchev–Trinajstić information content (AvgIpc) is 2.84. The van der Waals surface area contributed by atoms with Crippen LogP contribution in [0.25, 0.3) is 6.08 Å². The molecule has 0 unspecified atom stereocenters. The number of hydrogen-bond donors (Lipinski definition) is 0. The summed E-state index contributed by atoms with van der Waals surface area (Å²) in [5, 5.41) is 0.298. The van der Waals surface area contributed by atoms with Gasteiger partial charge in [-0.2, -0.15) is 0 Å². The van der Waals surface area contributed by atoms with Crippen LogP contribution in [0, 0.1) is 13.8 Å².